The van der Waals surface area contributed by atoms with E-state index >= 15 is 0 Å². The molecule has 1 unspecified atom stereocenters. The van der Waals surface area contributed by atoms with Crippen LogP contribution in [0.3, 0.4) is 0 Å². The van der Waals surface area contributed by atoms with Crippen LogP contribution in [0.15, 0.2) is 53.3 Å². The zero-order valence-electron chi connectivity index (χ0n) is 18.7. The number of H-pyrrole nitrogens is 1. The fourth-order valence-electron chi connectivity index (χ4n) is 3.09. The molecule has 1 atom stereocenters. The first kappa shape index (κ1) is 23.0. The van der Waals surface area contributed by atoms with E-state index in [4.69, 9.17) is 4.74 Å². The molecule has 0 saturated carbocycles. The Balaban J connectivity index is 1.73. The molecule has 1 aromatic heterocycles. The van der Waals surface area contributed by atoms with Gasteiger partial charge >= 0.3 is 5.69 Å². The molecule has 1 heterocycles. The maximum absolute atomic E-state index is 12.2. The monoisotopic (exact) mass is 436 g/mol. The Hall–Kier alpha value is -3.65. The highest BCUT2D eigenvalue weighted by Gasteiger charge is 2.14. The van der Waals surface area contributed by atoms with Crippen molar-refractivity contribution in [2.24, 2.45) is 0 Å². The number of aromatic nitrogens is 2. The van der Waals surface area contributed by atoms with Crippen LogP contribution in [0.2, 0.25) is 0 Å². The second-order valence-corrected chi connectivity index (χ2v) is 7.87. The maximum Gasteiger partial charge on any atom is 0.345 e. The molecule has 0 spiro atoms. The molecule has 32 heavy (non-hydrogen) atoms. The van der Waals surface area contributed by atoms with E-state index < -0.39 is 11.8 Å². The van der Waals surface area contributed by atoms with Crippen molar-refractivity contribution < 1.29 is 14.6 Å². The number of ether oxygens (including phenoxy) is 1. The zero-order valence-corrected chi connectivity index (χ0v) is 18.7. The third kappa shape index (κ3) is 5.95. The van der Waals surface area contributed by atoms with E-state index in [0.717, 1.165) is 17.7 Å². The molecule has 0 bridgehead atoms. The number of phenolic OH excluding ortho intramolecular Hbond substituents is 1. The van der Waals surface area contributed by atoms with Crippen LogP contribution in [0.5, 0.6) is 11.5 Å². The molecular formula is C24H28N4O4. The summed E-state index contributed by atoms with van der Waals surface area (Å²) in [6.07, 6.45) is -0.631. The van der Waals surface area contributed by atoms with Gasteiger partial charge in [0.2, 0.25) is 0 Å². The lowest BCUT2D eigenvalue weighted by Crippen LogP contribution is -2.39. The minimum Gasteiger partial charge on any atom is -0.508 e. The minimum atomic E-state index is -0.631. The predicted octanol–water partition coefficient (Wildman–Crippen LogP) is 2.56. The van der Waals surface area contributed by atoms with E-state index in [1.54, 1.807) is 50.2 Å². The van der Waals surface area contributed by atoms with Gasteiger partial charge in [-0.2, -0.15) is 4.98 Å². The molecule has 0 radical (unpaired) electrons. The molecule has 0 fully saturated rings. The van der Waals surface area contributed by atoms with E-state index in [1.165, 1.54) is 0 Å². The van der Waals surface area contributed by atoms with Crippen LogP contribution in [0.4, 0.5) is 0 Å². The number of aromatic hydroxyl groups is 1. The highest BCUT2D eigenvalue weighted by molar-refractivity contribution is 5.80. The summed E-state index contributed by atoms with van der Waals surface area (Å²) in [5.74, 6) is 0.563. The van der Waals surface area contributed by atoms with Crippen molar-refractivity contribution >= 4 is 5.91 Å². The Morgan fingerprint density at radius 1 is 1.16 bits per heavy atom. The van der Waals surface area contributed by atoms with Gasteiger partial charge in [0.1, 0.15) is 11.5 Å². The number of rotatable bonds is 8. The number of phenols is 1. The molecular weight excluding hydrogens is 408 g/mol. The first-order valence-corrected chi connectivity index (χ1v) is 10.3. The Morgan fingerprint density at radius 3 is 2.50 bits per heavy atom. The lowest BCUT2D eigenvalue weighted by atomic mass is 10.1. The van der Waals surface area contributed by atoms with Crippen LogP contribution in [-0.4, -0.2) is 59.2 Å². The number of nitrogens with one attached hydrogen (secondary N) is 2. The average molecular weight is 437 g/mol. The summed E-state index contributed by atoms with van der Waals surface area (Å²) in [5, 5.41) is 12.6. The summed E-state index contributed by atoms with van der Waals surface area (Å²) in [4.78, 5) is 33.1. The van der Waals surface area contributed by atoms with Crippen LogP contribution in [-0.2, 0) is 4.79 Å². The molecule has 0 aliphatic carbocycles. The Kier molecular flexibility index (Phi) is 7.27. The number of carbonyl (C=O) groups is 1. The molecule has 0 aliphatic heterocycles. The van der Waals surface area contributed by atoms with Crippen molar-refractivity contribution in [3.8, 4) is 34.0 Å². The van der Waals surface area contributed by atoms with E-state index in [1.807, 2.05) is 31.1 Å². The number of hydrogen-bond donors (Lipinski definition) is 3. The van der Waals surface area contributed by atoms with Gasteiger partial charge in [-0.25, -0.2) is 4.79 Å². The molecule has 3 rings (SSSR count). The van der Waals surface area contributed by atoms with E-state index in [9.17, 15) is 14.7 Å². The van der Waals surface area contributed by atoms with Gasteiger partial charge in [-0.15, -0.1) is 0 Å². The van der Waals surface area contributed by atoms with Crippen molar-refractivity contribution in [1.29, 1.82) is 0 Å². The van der Waals surface area contributed by atoms with Crippen LogP contribution < -0.4 is 15.7 Å². The number of benzene rings is 2. The van der Waals surface area contributed by atoms with Gasteiger partial charge in [-0.05, 0) is 87.6 Å². The fraction of sp³-hybridized carbons (Fsp3) is 0.292. The average Bonchev–Trinajstić information content (AvgIpc) is 2.75. The molecule has 8 nitrogen and oxygen atoms in total. The second-order valence-electron chi connectivity index (χ2n) is 7.87. The number of aromatic amines is 1. The summed E-state index contributed by atoms with van der Waals surface area (Å²) in [6, 6.07) is 14.0. The van der Waals surface area contributed by atoms with Gasteiger partial charge in [0, 0.05) is 18.7 Å². The van der Waals surface area contributed by atoms with Crippen LogP contribution >= 0.6 is 0 Å². The first-order chi connectivity index (χ1) is 15.2. The summed E-state index contributed by atoms with van der Waals surface area (Å²) in [7, 11) is 3.89. The Bertz CT molecular complexity index is 1140. The molecule has 3 N–H and O–H groups in total. The molecule has 168 valence electrons. The number of carbonyl (C=O) groups excluding carboxylic acids is 1. The maximum atomic E-state index is 12.2. The Labute approximate surface area is 186 Å². The van der Waals surface area contributed by atoms with Crippen molar-refractivity contribution in [1.82, 2.24) is 20.2 Å². The van der Waals surface area contributed by atoms with Crippen molar-refractivity contribution in [3.63, 3.8) is 0 Å². The third-order valence-electron chi connectivity index (χ3n) is 4.94. The van der Waals surface area contributed by atoms with Gasteiger partial charge in [-0.1, -0.05) is 0 Å². The largest absolute Gasteiger partial charge is 0.508 e. The third-order valence-corrected chi connectivity index (χ3v) is 4.94. The Morgan fingerprint density at radius 2 is 1.84 bits per heavy atom. The highest BCUT2D eigenvalue weighted by Crippen LogP contribution is 2.27. The lowest BCUT2D eigenvalue weighted by Gasteiger charge is -2.16. The van der Waals surface area contributed by atoms with Crippen molar-refractivity contribution in [2.45, 2.75) is 20.0 Å². The molecule has 3 aromatic rings. The van der Waals surface area contributed by atoms with Crippen molar-refractivity contribution in [3.05, 3.63) is 64.6 Å². The summed E-state index contributed by atoms with van der Waals surface area (Å²) < 4.78 is 5.73. The first-order valence-electron chi connectivity index (χ1n) is 10.3. The van der Waals surface area contributed by atoms with E-state index in [2.05, 4.69) is 15.3 Å². The topological polar surface area (TPSA) is 108 Å². The molecule has 0 aliphatic rings. The summed E-state index contributed by atoms with van der Waals surface area (Å²) >= 11 is 0. The smallest absolute Gasteiger partial charge is 0.345 e. The SMILES string of the molecule is Cc1cc(-c2cc(-c3ccc(OC(C)C(=O)NCCN(C)C)cc3)[nH]c(=O)n2)ccc1O. The van der Waals surface area contributed by atoms with Gasteiger partial charge in [0.15, 0.2) is 6.10 Å². The number of amides is 1. The number of nitrogens with zero attached hydrogens (tertiary/aromatic N) is 2. The normalized spacial score (nSPS) is 11.9. The molecule has 2 aromatic carbocycles. The van der Waals surface area contributed by atoms with Gasteiger partial charge in [-0.3, -0.25) is 4.79 Å². The van der Waals surface area contributed by atoms with Gasteiger partial charge in [0.25, 0.3) is 5.91 Å². The second kappa shape index (κ2) is 10.1. The van der Waals surface area contributed by atoms with Crippen LogP contribution in [0, 0.1) is 6.92 Å². The molecule has 8 heteroatoms. The van der Waals surface area contributed by atoms with Gasteiger partial charge in [0.05, 0.1) is 11.4 Å². The summed E-state index contributed by atoms with van der Waals surface area (Å²) in [6.45, 7) is 4.79. The molecule has 1 amide bonds. The van der Waals surface area contributed by atoms with Gasteiger partial charge < -0.3 is 25.0 Å². The number of hydrogen-bond acceptors (Lipinski definition) is 6. The number of likely N-dealkylation sites (N-methyl/N-ethyl adjacent to an activating group) is 1. The van der Waals surface area contributed by atoms with E-state index in [0.29, 0.717) is 29.2 Å². The minimum absolute atomic E-state index is 0.178. The van der Waals surface area contributed by atoms with Crippen LogP contribution in [0.1, 0.15) is 12.5 Å². The number of aryl methyl sites for hydroxylation is 1. The quantitative estimate of drug-likeness (QED) is 0.501. The lowest BCUT2D eigenvalue weighted by molar-refractivity contribution is -0.127. The fourth-order valence-corrected chi connectivity index (χ4v) is 3.09. The predicted molar refractivity (Wildman–Crippen MR) is 124 cm³/mol. The zero-order chi connectivity index (χ0) is 23.3. The molecule has 0 saturated heterocycles. The van der Waals surface area contributed by atoms with Crippen LogP contribution in [0.25, 0.3) is 22.5 Å². The highest BCUT2D eigenvalue weighted by atomic mass is 16.5. The summed E-state index contributed by atoms with van der Waals surface area (Å²) in [5.41, 5.74) is 2.86. The van der Waals surface area contributed by atoms with Crippen molar-refractivity contribution in [2.75, 3.05) is 27.2 Å². The van der Waals surface area contributed by atoms with E-state index in [-0.39, 0.29) is 11.7 Å². The standard InChI is InChI=1S/C24H28N4O4/c1-15-13-18(7-10-22(15)29)21-14-20(26-24(31)27-21)17-5-8-19(9-6-17)32-16(2)23(30)25-11-12-28(3)4/h5-10,13-14,16,29H,11-12H2,1-4H3,(H,25,30)(H,26,27,31).